The quantitative estimate of drug-likeness (QED) is 0.401. The molecule has 1 atom stereocenters. The largest absolute Gasteiger partial charge is 0.459 e. The van der Waals surface area contributed by atoms with Crippen LogP contribution >= 0.6 is 34.4 Å². The van der Waals surface area contributed by atoms with Gasteiger partial charge in [-0.2, -0.15) is 0 Å². The highest BCUT2D eigenvalue weighted by Gasteiger charge is 2.33. The Labute approximate surface area is 198 Å². The maximum Gasteiger partial charge on any atom is 0.338 e. The minimum atomic E-state index is -0.583. The monoisotopic (exact) mass is 484 g/mol. The minimum absolute atomic E-state index is 0.150. The molecule has 0 aliphatic carbocycles. The predicted octanol–water partition coefficient (Wildman–Crippen LogP) is 4.28. The van der Waals surface area contributed by atoms with E-state index >= 15 is 0 Å². The van der Waals surface area contributed by atoms with Gasteiger partial charge in [0.15, 0.2) is 4.80 Å². The number of hydrogen-bond donors (Lipinski definition) is 0. The van der Waals surface area contributed by atoms with Gasteiger partial charge in [0.05, 0.1) is 27.9 Å². The third kappa shape index (κ3) is 4.27. The van der Waals surface area contributed by atoms with Crippen molar-refractivity contribution in [3.8, 4) is 0 Å². The molecule has 32 heavy (non-hydrogen) atoms. The molecule has 2 aromatic heterocycles. The summed E-state index contributed by atoms with van der Waals surface area (Å²) in [6, 6.07) is 9.40. The number of carbonyl (C=O) groups excluding carboxylic acids is 1. The summed E-state index contributed by atoms with van der Waals surface area (Å²) >= 11 is 4.59. The number of carbonyl (C=O) groups is 1. The SMILES string of the molecule is CSc1ccc(C2C(C(=O)OC(C)C)=C(C)N=c3sc(=Cc4sccc4C)c(=O)n32)cc1. The number of ether oxygens (including phenoxy) is 1. The van der Waals surface area contributed by atoms with Crippen LogP contribution in [0.2, 0.25) is 0 Å². The maximum atomic E-state index is 13.6. The summed E-state index contributed by atoms with van der Waals surface area (Å²) in [4.78, 5) is 34.0. The summed E-state index contributed by atoms with van der Waals surface area (Å²) in [5.41, 5.74) is 2.81. The summed E-state index contributed by atoms with van der Waals surface area (Å²) in [5, 5.41) is 2.01. The number of benzene rings is 1. The van der Waals surface area contributed by atoms with E-state index in [9.17, 15) is 9.59 Å². The second kappa shape index (κ2) is 9.21. The van der Waals surface area contributed by atoms with Crippen molar-refractivity contribution in [1.82, 2.24) is 4.57 Å². The van der Waals surface area contributed by atoms with Crippen molar-refractivity contribution in [3.63, 3.8) is 0 Å². The standard InChI is InChI=1S/C24H24N2O3S3/c1-13(2)29-23(28)20-15(4)25-24-26(21(20)16-6-8-17(30-5)9-7-16)22(27)19(32-24)12-18-14(3)10-11-31-18/h6-13,21H,1-5H3. The second-order valence-electron chi connectivity index (χ2n) is 7.78. The molecule has 1 aromatic carbocycles. The molecule has 0 saturated heterocycles. The zero-order valence-electron chi connectivity index (χ0n) is 18.5. The molecule has 0 saturated carbocycles. The van der Waals surface area contributed by atoms with Crippen LogP contribution < -0.4 is 14.9 Å². The van der Waals surface area contributed by atoms with Gasteiger partial charge >= 0.3 is 5.97 Å². The minimum Gasteiger partial charge on any atom is -0.459 e. The van der Waals surface area contributed by atoms with Crippen LogP contribution in [0.4, 0.5) is 0 Å². The molecule has 0 spiro atoms. The summed E-state index contributed by atoms with van der Waals surface area (Å²) in [6.45, 7) is 7.46. The van der Waals surface area contributed by atoms with E-state index in [1.807, 2.05) is 68.8 Å². The average Bonchev–Trinajstić information content (AvgIpc) is 3.29. The predicted molar refractivity (Wildman–Crippen MR) is 132 cm³/mol. The van der Waals surface area contributed by atoms with Crippen LogP contribution in [0.3, 0.4) is 0 Å². The van der Waals surface area contributed by atoms with Gasteiger partial charge in [-0.15, -0.1) is 23.1 Å². The normalized spacial score (nSPS) is 16.3. The van der Waals surface area contributed by atoms with Crippen molar-refractivity contribution in [3.05, 3.63) is 82.7 Å². The molecule has 1 unspecified atom stereocenters. The second-order valence-corrected chi connectivity index (χ2v) is 10.6. The third-order valence-electron chi connectivity index (χ3n) is 5.18. The van der Waals surface area contributed by atoms with Gasteiger partial charge in [0.1, 0.15) is 0 Å². The Morgan fingerprint density at radius 1 is 1.22 bits per heavy atom. The van der Waals surface area contributed by atoms with Crippen LogP contribution in [0, 0.1) is 6.92 Å². The van der Waals surface area contributed by atoms with E-state index in [4.69, 9.17) is 4.74 Å². The van der Waals surface area contributed by atoms with E-state index < -0.39 is 12.0 Å². The number of nitrogens with zero attached hydrogens (tertiary/aromatic N) is 2. The molecular weight excluding hydrogens is 460 g/mol. The van der Waals surface area contributed by atoms with Gasteiger partial charge in [-0.1, -0.05) is 23.5 Å². The van der Waals surface area contributed by atoms with Crippen molar-refractivity contribution >= 4 is 46.5 Å². The van der Waals surface area contributed by atoms with Crippen LogP contribution in [0.25, 0.3) is 6.08 Å². The van der Waals surface area contributed by atoms with Crippen LogP contribution in [-0.4, -0.2) is 22.9 Å². The van der Waals surface area contributed by atoms with E-state index in [-0.39, 0.29) is 11.7 Å². The molecule has 166 valence electrons. The van der Waals surface area contributed by atoms with Crippen molar-refractivity contribution in [2.24, 2.45) is 4.99 Å². The Bertz CT molecular complexity index is 1370. The summed E-state index contributed by atoms with van der Waals surface area (Å²) < 4.78 is 7.78. The lowest BCUT2D eigenvalue weighted by Crippen LogP contribution is -2.40. The first kappa shape index (κ1) is 22.8. The smallest absolute Gasteiger partial charge is 0.338 e. The molecule has 0 amide bonds. The number of esters is 1. The summed E-state index contributed by atoms with van der Waals surface area (Å²) in [7, 11) is 0. The Kier molecular flexibility index (Phi) is 6.55. The fraction of sp³-hybridized carbons (Fsp3) is 0.292. The fourth-order valence-corrected chi connectivity index (χ4v) is 5.98. The molecule has 4 rings (SSSR count). The maximum absolute atomic E-state index is 13.6. The molecule has 5 nitrogen and oxygen atoms in total. The van der Waals surface area contributed by atoms with Gasteiger partial charge in [0.2, 0.25) is 0 Å². The third-order valence-corrected chi connectivity index (χ3v) is 7.87. The van der Waals surface area contributed by atoms with E-state index in [1.165, 1.54) is 11.3 Å². The Balaban J connectivity index is 1.95. The number of aromatic nitrogens is 1. The topological polar surface area (TPSA) is 60.7 Å². The molecule has 1 aliphatic rings. The molecule has 0 N–H and O–H groups in total. The van der Waals surface area contributed by atoms with Gasteiger partial charge < -0.3 is 4.74 Å². The van der Waals surface area contributed by atoms with Gasteiger partial charge in [-0.05, 0) is 74.7 Å². The zero-order valence-corrected chi connectivity index (χ0v) is 21.0. The number of aryl methyl sites for hydroxylation is 1. The number of allylic oxidation sites excluding steroid dienone is 1. The van der Waals surface area contributed by atoms with E-state index in [0.717, 1.165) is 20.9 Å². The van der Waals surface area contributed by atoms with Gasteiger partial charge in [0, 0.05) is 9.77 Å². The van der Waals surface area contributed by atoms with E-state index in [1.54, 1.807) is 34.6 Å². The molecule has 8 heteroatoms. The average molecular weight is 485 g/mol. The van der Waals surface area contributed by atoms with Gasteiger partial charge in [-0.3, -0.25) is 9.36 Å². The zero-order chi connectivity index (χ0) is 23.0. The lowest BCUT2D eigenvalue weighted by Gasteiger charge is -2.25. The first-order chi connectivity index (χ1) is 15.3. The highest BCUT2D eigenvalue weighted by Crippen LogP contribution is 2.32. The van der Waals surface area contributed by atoms with E-state index in [2.05, 4.69) is 4.99 Å². The van der Waals surface area contributed by atoms with Crippen LogP contribution in [0.1, 0.15) is 42.8 Å². The van der Waals surface area contributed by atoms with Gasteiger partial charge in [-0.25, -0.2) is 9.79 Å². The van der Waals surface area contributed by atoms with Gasteiger partial charge in [0.25, 0.3) is 5.56 Å². The number of thioether (sulfide) groups is 1. The van der Waals surface area contributed by atoms with Crippen molar-refractivity contribution in [2.75, 3.05) is 6.26 Å². The molecule has 1 aliphatic heterocycles. The van der Waals surface area contributed by atoms with Crippen LogP contribution in [0.5, 0.6) is 0 Å². The number of rotatable bonds is 5. The lowest BCUT2D eigenvalue weighted by atomic mass is 9.96. The first-order valence-electron chi connectivity index (χ1n) is 10.2. The summed E-state index contributed by atoms with van der Waals surface area (Å²) in [5.74, 6) is -0.441. The molecule has 0 radical (unpaired) electrons. The van der Waals surface area contributed by atoms with Crippen molar-refractivity contribution in [2.45, 2.75) is 44.7 Å². The number of hydrogen-bond acceptors (Lipinski definition) is 7. The van der Waals surface area contributed by atoms with Crippen molar-refractivity contribution < 1.29 is 9.53 Å². The Morgan fingerprint density at radius 3 is 2.53 bits per heavy atom. The summed E-state index contributed by atoms with van der Waals surface area (Å²) in [6.07, 6.45) is 3.66. The molecule has 0 fully saturated rings. The molecule has 3 aromatic rings. The lowest BCUT2D eigenvalue weighted by molar-refractivity contribution is -0.143. The number of fused-ring (bicyclic) bond motifs is 1. The van der Waals surface area contributed by atoms with Crippen LogP contribution in [0.15, 0.2) is 61.7 Å². The first-order valence-corrected chi connectivity index (χ1v) is 13.1. The van der Waals surface area contributed by atoms with Crippen molar-refractivity contribution in [1.29, 1.82) is 0 Å². The Hall–Kier alpha value is -2.42. The fourth-order valence-electron chi connectivity index (χ4n) is 3.61. The van der Waals surface area contributed by atoms with E-state index in [0.29, 0.717) is 20.6 Å². The highest BCUT2D eigenvalue weighted by molar-refractivity contribution is 7.98. The Morgan fingerprint density at radius 2 is 1.94 bits per heavy atom. The van der Waals surface area contributed by atoms with Crippen LogP contribution in [-0.2, 0) is 9.53 Å². The molecular formula is C24H24N2O3S3. The molecule has 3 heterocycles. The number of thiazole rings is 1. The number of thiophene rings is 1. The molecule has 0 bridgehead atoms. The highest BCUT2D eigenvalue weighted by atomic mass is 32.2.